The van der Waals surface area contributed by atoms with Gasteiger partial charge in [0, 0.05) is 19.1 Å². The molecular formula is C9H16N2O. The zero-order valence-corrected chi connectivity index (χ0v) is 7.55. The van der Waals surface area contributed by atoms with E-state index >= 15 is 0 Å². The molecule has 12 heavy (non-hydrogen) atoms. The predicted octanol–water partition coefficient (Wildman–Crippen LogP) is 1.20. The van der Waals surface area contributed by atoms with Crippen LogP contribution in [-0.4, -0.2) is 30.1 Å². The van der Waals surface area contributed by atoms with Crippen LogP contribution in [0, 0.1) is 5.92 Å². The number of carbonyl (C=O) groups excluding carboxylic acids is 1. The second-order valence-electron chi connectivity index (χ2n) is 3.86. The first kappa shape index (κ1) is 7.90. The number of nitrogens with zero attached hydrogens (tertiary/aromatic N) is 1. The van der Waals surface area contributed by atoms with Crippen LogP contribution in [-0.2, 0) is 0 Å². The number of amides is 2. The third kappa shape index (κ3) is 1.17. The van der Waals surface area contributed by atoms with E-state index in [9.17, 15) is 4.79 Å². The molecule has 1 N–H and O–H groups in total. The fourth-order valence-corrected chi connectivity index (χ4v) is 2.05. The minimum Gasteiger partial charge on any atom is -0.336 e. The Hall–Kier alpha value is -0.730. The highest BCUT2D eigenvalue weighted by atomic mass is 16.2. The van der Waals surface area contributed by atoms with Crippen molar-refractivity contribution < 1.29 is 4.79 Å². The van der Waals surface area contributed by atoms with Crippen molar-refractivity contribution in [1.82, 2.24) is 10.2 Å². The third-order valence-corrected chi connectivity index (χ3v) is 3.21. The molecule has 2 aliphatic rings. The Morgan fingerprint density at radius 2 is 2.33 bits per heavy atom. The zero-order chi connectivity index (χ0) is 8.55. The summed E-state index contributed by atoms with van der Waals surface area (Å²) in [6, 6.07) is 0.593. The lowest BCUT2D eigenvalue weighted by atomic mass is 9.80. The Morgan fingerprint density at radius 3 is 2.75 bits per heavy atom. The van der Waals surface area contributed by atoms with Crippen LogP contribution in [0.4, 0.5) is 4.79 Å². The molecule has 0 radical (unpaired) electrons. The van der Waals surface area contributed by atoms with E-state index < -0.39 is 0 Å². The number of urea groups is 1. The third-order valence-electron chi connectivity index (χ3n) is 3.21. The van der Waals surface area contributed by atoms with Crippen molar-refractivity contribution in [2.45, 2.75) is 32.2 Å². The predicted molar refractivity (Wildman–Crippen MR) is 46.9 cm³/mol. The van der Waals surface area contributed by atoms with Crippen LogP contribution >= 0.6 is 0 Å². The van der Waals surface area contributed by atoms with Crippen LogP contribution in [0.3, 0.4) is 0 Å². The average Bonchev–Trinajstić information content (AvgIpc) is 2.31. The normalized spacial score (nSPS) is 26.8. The fourth-order valence-electron chi connectivity index (χ4n) is 2.05. The first-order valence-electron chi connectivity index (χ1n) is 4.83. The Balaban J connectivity index is 1.93. The maximum atomic E-state index is 11.3. The molecule has 0 aromatic rings. The molecule has 3 nitrogen and oxygen atoms in total. The van der Waals surface area contributed by atoms with E-state index in [4.69, 9.17) is 0 Å². The van der Waals surface area contributed by atoms with E-state index in [2.05, 4.69) is 12.2 Å². The quantitative estimate of drug-likeness (QED) is 0.660. The summed E-state index contributed by atoms with van der Waals surface area (Å²) < 4.78 is 0. The maximum absolute atomic E-state index is 11.3. The van der Waals surface area contributed by atoms with Gasteiger partial charge < -0.3 is 10.2 Å². The summed E-state index contributed by atoms with van der Waals surface area (Å²) in [5, 5.41) is 2.84. The number of nitrogens with one attached hydrogen (secondary N) is 1. The van der Waals surface area contributed by atoms with Crippen molar-refractivity contribution in [3.05, 3.63) is 0 Å². The van der Waals surface area contributed by atoms with E-state index in [1.807, 2.05) is 4.90 Å². The van der Waals surface area contributed by atoms with Gasteiger partial charge in [-0.25, -0.2) is 4.79 Å². The van der Waals surface area contributed by atoms with Crippen molar-refractivity contribution >= 4 is 6.03 Å². The minimum absolute atomic E-state index is 0.134. The number of carbonyl (C=O) groups is 1. The van der Waals surface area contributed by atoms with Gasteiger partial charge >= 0.3 is 6.03 Å². The van der Waals surface area contributed by atoms with Gasteiger partial charge in [-0.3, -0.25) is 0 Å². The van der Waals surface area contributed by atoms with Crippen LogP contribution in [0.5, 0.6) is 0 Å². The van der Waals surface area contributed by atoms with E-state index in [0.29, 0.717) is 6.04 Å². The summed E-state index contributed by atoms with van der Waals surface area (Å²) in [6.07, 6.45) is 3.97. The lowest BCUT2D eigenvalue weighted by molar-refractivity contribution is 0.141. The molecule has 1 atom stereocenters. The summed E-state index contributed by atoms with van der Waals surface area (Å²) in [4.78, 5) is 13.3. The second kappa shape index (κ2) is 2.96. The molecule has 1 heterocycles. The lowest BCUT2D eigenvalue weighted by Crippen LogP contribution is -2.42. The highest BCUT2D eigenvalue weighted by Crippen LogP contribution is 2.32. The van der Waals surface area contributed by atoms with Crippen LogP contribution in [0.2, 0.25) is 0 Å². The van der Waals surface area contributed by atoms with Gasteiger partial charge in [-0.1, -0.05) is 6.42 Å². The second-order valence-corrected chi connectivity index (χ2v) is 3.86. The molecule has 68 valence electrons. The van der Waals surface area contributed by atoms with Crippen molar-refractivity contribution in [2.24, 2.45) is 5.92 Å². The van der Waals surface area contributed by atoms with Crippen molar-refractivity contribution in [2.75, 3.05) is 13.1 Å². The van der Waals surface area contributed by atoms with Crippen molar-refractivity contribution in [3.63, 3.8) is 0 Å². The molecule has 0 aromatic carbocycles. The number of hydrogen-bond donors (Lipinski definition) is 1. The summed E-state index contributed by atoms with van der Waals surface area (Å²) in [6.45, 7) is 3.90. The molecule has 1 aliphatic heterocycles. The molecule has 1 saturated carbocycles. The van der Waals surface area contributed by atoms with E-state index in [0.717, 1.165) is 19.0 Å². The van der Waals surface area contributed by atoms with E-state index in [1.54, 1.807) is 0 Å². The summed E-state index contributed by atoms with van der Waals surface area (Å²) in [5.41, 5.74) is 0. The van der Waals surface area contributed by atoms with Crippen LogP contribution in [0.15, 0.2) is 0 Å². The monoisotopic (exact) mass is 168 g/mol. The van der Waals surface area contributed by atoms with E-state index in [1.165, 1.54) is 19.3 Å². The Morgan fingerprint density at radius 1 is 1.58 bits per heavy atom. The maximum Gasteiger partial charge on any atom is 0.317 e. The molecule has 3 heteroatoms. The van der Waals surface area contributed by atoms with E-state index in [-0.39, 0.29) is 6.03 Å². The highest BCUT2D eigenvalue weighted by molar-refractivity contribution is 5.76. The van der Waals surface area contributed by atoms with Gasteiger partial charge in [-0.2, -0.15) is 0 Å². The molecule has 1 unspecified atom stereocenters. The number of rotatable bonds is 2. The van der Waals surface area contributed by atoms with Gasteiger partial charge in [0.2, 0.25) is 0 Å². The molecule has 1 saturated heterocycles. The van der Waals surface area contributed by atoms with Gasteiger partial charge in [-0.05, 0) is 25.7 Å². The summed E-state index contributed by atoms with van der Waals surface area (Å²) >= 11 is 0. The van der Waals surface area contributed by atoms with Crippen molar-refractivity contribution in [3.8, 4) is 0 Å². The molecule has 0 aromatic heterocycles. The fraction of sp³-hybridized carbons (Fsp3) is 0.889. The van der Waals surface area contributed by atoms with Crippen molar-refractivity contribution in [1.29, 1.82) is 0 Å². The largest absolute Gasteiger partial charge is 0.336 e. The van der Waals surface area contributed by atoms with Gasteiger partial charge in [0.1, 0.15) is 0 Å². The minimum atomic E-state index is 0.134. The molecule has 2 amide bonds. The van der Waals surface area contributed by atoms with Gasteiger partial charge in [0.05, 0.1) is 0 Å². The topological polar surface area (TPSA) is 32.3 Å². The first-order valence-corrected chi connectivity index (χ1v) is 4.83. The Labute approximate surface area is 73.1 Å². The van der Waals surface area contributed by atoms with Gasteiger partial charge in [-0.15, -0.1) is 0 Å². The van der Waals surface area contributed by atoms with Crippen LogP contribution in [0.25, 0.3) is 0 Å². The number of hydrogen-bond acceptors (Lipinski definition) is 1. The zero-order valence-electron chi connectivity index (χ0n) is 7.55. The molecule has 2 rings (SSSR count). The van der Waals surface area contributed by atoms with Gasteiger partial charge in [0.25, 0.3) is 0 Å². The van der Waals surface area contributed by atoms with Crippen LogP contribution < -0.4 is 5.32 Å². The standard InChI is InChI=1S/C9H16N2O/c1-7(8-3-2-4-8)11-6-5-10-9(11)12/h7-8H,2-6H2,1H3,(H,10,12). The molecule has 0 spiro atoms. The highest BCUT2D eigenvalue weighted by Gasteiger charge is 2.32. The summed E-state index contributed by atoms with van der Waals surface area (Å²) in [5.74, 6) is 0.772. The average molecular weight is 168 g/mol. The molecule has 0 bridgehead atoms. The molecule has 2 fully saturated rings. The SMILES string of the molecule is CC(C1CCC1)N1CCNC1=O. The Bertz CT molecular complexity index is 189. The summed E-state index contributed by atoms with van der Waals surface area (Å²) in [7, 11) is 0. The first-order chi connectivity index (χ1) is 5.79. The van der Waals surface area contributed by atoms with Gasteiger partial charge in [0.15, 0.2) is 0 Å². The molecular weight excluding hydrogens is 152 g/mol. The Kier molecular flexibility index (Phi) is 1.95. The smallest absolute Gasteiger partial charge is 0.317 e. The molecule has 1 aliphatic carbocycles. The lowest BCUT2D eigenvalue weighted by Gasteiger charge is -2.36. The van der Waals surface area contributed by atoms with Crippen LogP contribution in [0.1, 0.15) is 26.2 Å².